The van der Waals surface area contributed by atoms with Crippen molar-refractivity contribution in [3.05, 3.63) is 60.4 Å². The quantitative estimate of drug-likeness (QED) is 0.564. The van der Waals surface area contributed by atoms with E-state index in [0.717, 1.165) is 12.0 Å². The Kier molecular flexibility index (Phi) is 6.04. The number of imidazole rings is 1. The lowest BCUT2D eigenvalue weighted by molar-refractivity contribution is 0.277. The number of nitrogens with zero attached hydrogens (tertiary/aromatic N) is 2. The van der Waals surface area contributed by atoms with Crippen LogP contribution in [0.1, 0.15) is 25.8 Å². The van der Waals surface area contributed by atoms with E-state index >= 15 is 0 Å². The number of hydrogen-bond acceptors (Lipinski definition) is 5. The van der Waals surface area contributed by atoms with E-state index in [1.54, 1.807) is 42.5 Å². The smallest absolute Gasteiger partial charge is 0.269 e. The second kappa shape index (κ2) is 8.48. The number of rotatable bonds is 8. The molecule has 0 aliphatic rings. The summed E-state index contributed by atoms with van der Waals surface area (Å²) in [6.45, 7) is 6.88. The molecule has 0 unspecified atom stereocenters. The Labute approximate surface area is 165 Å². The summed E-state index contributed by atoms with van der Waals surface area (Å²) in [5, 5.41) is 0. The maximum absolute atomic E-state index is 13.1. The minimum Gasteiger partial charge on any atom is -0.490 e. The maximum Gasteiger partial charge on any atom is 0.269 e. The molecule has 1 heterocycles. The van der Waals surface area contributed by atoms with Crippen molar-refractivity contribution in [2.75, 3.05) is 13.2 Å². The predicted octanol–water partition coefficient (Wildman–Crippen LogP) is 4.28. The first-order valence-corrected chi connectivity index (χ1v) is 10.7. The molecule has 0 aliphatic heterocycles. The fourth-order valence-electron chi connectivity index (χ4n) is 2.76. The fraction of sp³-hybridized carbons (Fsp3) is 0.286. The second-order valence-electron chi connectivity index (χ2n) is 6.31. The Bertz CT molecular complexity index is 1040. The van der Waals surface area contributed by atoms with Crippen LogP contribution in [-0.4, -0.2) is 30.6 Å². The summed E-state index contributed by atoms with van der Waals surface area (Å²) in [6, 6.07) is 12.1. The third kappa shape index (κ3) is 4.04. The standard InChI is InChI=1S/C21H24N2O4S/c1-4-14-27-19-11-8-17(15-20(19)26-5-2)21-22-12-13-23(21)28(24,25)18-9-6-16(3)7-10-18/h6-13,15H,4-5,14H2,1-3H3. The zero-order valence-electron chi connectivity index (χ0n) is 16.3. The monoisotopic (exact) mass is 400 g/mol. The lowest BCUT2D eigenvalue weighted by Gasteiger charge is -2.14. The summed E-state index contributed by atoms with van der Waals surface area (Å²) in [7, 11) is -3.76. The summed E-state index contributed by atoms with van der Waals surface area (Å²) in [5.74, 6) is 1.52. The molecule has 0 atom stereocenters. The molecule has 7 heteroatoms. The van der Waals surface area contributed by atoms with Gasteiger partial charge in [-0.15, -0.1) is 0 Å². The number of aryl methyl sites for hydroxylation is 1. The van der Waals surface area contributed by atoms with Gasteiger partial charge in [0.2, 0.25) is 0 Å². The summed E-state index contributed by atoms with van der Waals surface area (Å²) in [4.78, 5) is 4.49. The van der Waals surface area contributed by atoms with Crippen molar-refractivity contribution in [1.29, 1.82) is 0 Å². The molecule has 2 aromatic carbocycles. The molecule has 0 fully saturated rings. The largest absolute Gasteiger partial charge is 0.490 e. The van der Waals surface area contributed by atoms with Crippen LogP contribution >= 0.6 is 0 Å². The number of aromatic nitrogens is 2. The van der Waals surface area contributed by atoms with Crippen LogP contribution < -0.4 is 9.47 Å². The van der Waals surface area contributed by atoms with E-state index in [1.165, 1.54) is 16.4 Å². The van der Waals surface area contributed by atoms with Gasteiger partial charge in [0.1, 0.15) is 0 Å². The first kappa shape index (κ1) is 19.9. The summed E-state index contributed by atoms with van der Waals surface area (Å²) < 4.78 is 38.8. The van der Waals surface area contributed by atoms with E-state index < -0.39 is 10.0 Å². The van der Waals surface area contributed by atoms with Gasteiger partial charge >= 0.3 is 0 Å². The van der Waals surface area contributed by atoms with Gasteiger partial charge in [-0.05, 0) is 50.6 Å². The van der Waals surface area contributed by atoms with Crippen LogP contribution in [0, 0.1) is 6.92 Å². The van der Waals surface area contributed by atoms with Crippen molar-refractivity contribution in [1.82, 2.24) is 8.96 Å². The van der Waals surface area contributed by atoms with E-state index in [0.29, 0.717) is 36.1 Å². The Balaban J connectivity index is 2.03. The van der Waals surface area contributed by atoms with Crippen LogP contribution in [0.2, 0.25) is 0 Å². The first-order valence-electron chi connectivity index (χ1n) is 9.23. The van der Waals surface area contributed by atoms with E-state index in [-0.39, 0.29) is 4.90 Å². The molecule has 3 rings (SSSR count). The van der Waals surface area contributed by atoms with Crippen molar-refractivity contribution in [2.24, 2.45) is 0 Å². The van der Waals surface area contributed by atoms with Crippen LogP contribution in [0.4, 0.5) is 0 Å². The van der Waals surface area contributed by atoms with Crippen molar-refractivity contribution in [2.45, 2.75) is 32.1 Å². The van der Waals surface area contributed by atoms with Crippen LogP contribution in [0.25, 0.3) is 11.4 Å². The number of hydrogen-bond donors (Lipinski definition) is 0. The minimum atomic E-state index is -3.76. The Morgan fingerprint density at radius 2 is 1.75 bits per heavy atom. The molecule has 28 heavy (non-hydrogen) atoms. The van der Waals surface area contributed by atoms with Crippen molar-refractivity contribution in [3.8, 4) is 22.9 Å². The van der Waals surface area contributed by atoms with Crippen LogP contribution in [0.15, 0.2) is 59.8 Å². The molecule has 148 valence electrons. The summed E-state index contributed by atoms with van der Waals surface area (Å²) in [6.07, 6.45) is 3.81. The van der Waals surface area contributed by atoms with Crippen molar-refractivity contribution >= 4 is 10.0 Å². The van der Waals surface area contributed by atoms with Gasteiger partial charge in [-0.3, -0.25) is 0 Å². The van der Waals surface area contributed by atoms with Gasteiger partial charge in [-0.25, -0.2) is 17.4 Å². The normalized spacial score (nSPS) is 11.4. The maximum atomic E-state index is 13.1. The Morgan fingerprint density at radius 3 is 2.43 bits per heavy atom. The molecule has 0 aliphatic carbocycles. The van der Waals surface area contributed by atoms with Gasteiger partial charge in [-0.2, -0.15) is 0 Å². The van der Waals surface area contributed by atoms with E-state index in [9.17, 15) is 8.42 Å². The fourth-order valence-corrected chi connectivity index (χ4v) is 4.06. The highest BCUT2D eigenvalue weighted by Gasteiger charge is 2.22. The highest BCUT2D eigenvalue weighted by molar-refractivity contribution is 7.90. The molecule has 0 bridgehead atoms. The molecule has 0 N–H and O–H groups in total. The van der Waals surface area contributed by atoms with Gasteiger partial charge < -0.3 is 9.47 Å². The molecule has 0 amide bonds. The molecule has 3 aromatic rings. The van der Waals surface area contributed by atoms with Crippen LogP contribution in [0.3, 0.4) is 0 Å². The molecule has 0 radical (unpaired) electrons. The lowest BCUT2D eigenvalue weighted by atomic mass is 10.2. The van der Waals surface area contributed by atoms with Crippen LogP contribution in [-0.2, 0) is 10.0 Å². The average molecular weight is 401 g/mol. The summed E-state index contributed by atoms with van der Waals surface area (Å²) >= 11 is 0. The van der Waals surface area contributed by atoms with Crippen LogP contribution in [0.5, 0.6) is 11.5 Å². The first-order chi connectivity index (χ1) is 13.5. The average Bonchev–Trinajstić information content (AvgIpc) is 3.18. The van der Waals surface area contributed by atoms with Gasteiger partial charge in [0.05, 0.1) is 18.1 Å². The SMILES string of the molecule is CCCOc1ccc(-c2nccn2S(=O)(=O)c2ccc(C)cc2)cc1OCC. The van der Waals surface area contributed by atoms with E-state index in [1.807, 2.05) is 20.8 Å². The molecule has 0 saturated heterocycles. The number of ether oxygens (including phenoxy) is 2. The third-order valence-corrected chi connectivity index (χ3v) is 5.83. The number of benzene rings is 2. The van der Waals surface area contributed by atoms with E-state index in [2.05, 4.69) is 4.98 Å². The molecular weight excluding hydrogens is 376 g/mol. The van der Waals surface area contributed by atoms with E-state index in [4.69, 9.17) is 9.47 Å². The van der Waals surface area contributed by atoms with Gasteiger partial charge in [-0.1, -0.05) is 24.6 Å². The molecule has 0 saturated carbocycles. The zero-order valence-corrected chi connectivity index (χ0v) is 17.1. The predicted molar refractivity (Wildman–Crippen MR) is 108 cm³/mol. The third-order valence-electron chi connectivity index (χ3n) is 4.15. The second-order valence-corrected chi connectivity index (χ2v) is 8.12. The molecule has 6 nitrogen and oxygen atoms in total. The zero-order chi connectivity index (χ0) is 20.1. The van der Waals surface area contributed by atoms with Gasteiger partial charge in [0, 0.05) is 18.0 Å². The molecular formula is C21H24N2O4S. The lowest BCUT2D eigenvalue weighted by Crippen LogP contribution is -2.13. The van der Waals surface area contributed by atoms with Gasteiger partial charge in [0.15, 0.2) is 17.3 Å². The highest BCUT2D eigenvalue weighted by Crippen LogP contribution is 2.33. The Hall–Kier alpha value is -2.80. The van der Waals surface area contributed by atoms with Crippen molar-refractivity contribution in [3.63, 3.8) is 0 Å². The minimum absolute atomic E-state index is 0.213. The van der Waals surface area contributed by atoms with Crippen molar-refractivity contribution < 1.29 is 17.9 Å². The topological polar surface area (TPSA) is 70.4 Å². The highest BCUT2D eigenvalue weighted by atomic mass is 32.2. The summed E-state index contributed by atoms with van der Waals surface area (Å²) in [5.41, 5.74) is 1.63. The molecule has 0 spiro atoms. The Morgan fingerprint density at radius 1 is 1.00 bits per heavy atom. The van der Waals surface area contributed by atoms with Gasteiger partial charge in [0.25, 0.3) is 10.0 Å². The molecule has 1 aromatic heterocycles.